The summed E-state index contributed by atoms with van der Waals surface area (Å²) in [6, 6.07) is 14.3. The van der Waals surface area contributed by atoms with Crippen molar-refractivity contribution in [3.05, 3.63) is 54.1 Å². The Labute approximate surface area is 105 Å². The second-order valence-electron chi connectivity index (χ2n) is 3.91. The van der Waals surface area contributed by atoms with Crippen molar-refractivity contribution < 1.29 is 4.42 Å². The van der Waals surface area contributed by atoms with Gasteiger partial charge in [0.2, 0.25) is 0 Å². The van der Waals surface area contributed by atoms with Gasteiger partial charge in [0.25, 0.3) is 0 Å². The van der Waals surface area contributed by atoms with Crippen molar-refractivity contribution in [2.75, 3.05) is 5.75 Å². The summed E-state index contributed by atoms with van der Waals surface area (Å²) in [7, 11) is 0. The van der Waals surface area contributed by atoms with Crippen LogP contribution in [0.3, 0.4) is 0 Å². The van der Waals surface area contributed by atoms with E-state index >= 15 is 0 Å². The lowest BCUT2D eigenvalue weighted by molar-refractivity contribution is 0.668. The number of hydrogen-bond acceptors (Lipinski definition) is 2. The summed E-state index contributed by atoms with van der Waals surface area (Å²) in [6.07, 6.45) is 4.07. The molecule has 0 N–H and O–H groups in total. The number of fused-ring (bicyclic) bond motifs is 3. The molecule has 0 radical (unpaired) electrons. The molecule has 1 nitrogen and oxygen atoms in total. The maximum absolute atomic E-state index is 5.90. The minimum absolute atomic E-state index is 0.733. The topological polar surface area (TPSA) is 13.1 Å². The lowest BCUT2D eigenvalue weighted by Gasteiger charge is -1.94. The summed E-state index contributed by atoms with van der Waals surface area (Å²) in [4.78, 5) is 0. The van der Waals surface area contributed by atoms with Gasteiger partial charge in [-0.05, 0) is 6.07 Å². The van der Waals surface area contributed by atoms with E-state index in [9.17, 15) is 0 Å². The first kappa shape index (κ1) is 10.5. The first-order chi connectivity index (χ1) is 8.40. The predicted octanol–water partition coefficient (Wildman–Crippen LogP) is 4.53. The van der Waals surface area contributed by atoms with Crippen LogP contribution >= 0.6 is 12.6 Å². The third-order valence-corrected chi connectivity index (χ3v) is 3.05. The highest BCUT2D eigenvalue weighted by molar-refractivity contribution is 7.80. The fraction of sp³-hybridized carbons (Fsp3) is 0.0667. The molecule has 1 heterocycles. The van der Waals surface area contributed by atoms with E-state index in [0.717, 1.165) is 22.5 Å². The van der Waals surface area contributed by atoms with Gasteiger partial charge in [-0.3, -0.25) is 0 Å². The van der Waals surface area contributed by atoms with Crippen molar-refractivity contribution in [2.45, 2.75) is 0 Å². The molecule has 0 amide bonds. The highest BCUT2D eigenvalue weighted by Gasteiger charge is 2.07. The van der Waals surface area contributed by atoms with Gasteiger partial charge >= 0.3 is 0 Å². The van der Waals surface area contributed by atoms with Crippen molar-refractivity contribution in [2.24, 2.45) is 0 Å². The van der Waals surface area contributed by atoms with E-state index in [1.807, 2.05) is 24.3 Å². The normalized spacial score (nSPS) is 11.8. The number of benzene rings is 2. The number of para-hydroxylation sites is 2. The van der Waals surface area contributed by atoms with Crippen molar-refractivity contribution in [1.29, 1.82) is 0 Å². The molecule has 84 valence electrons. The highest BCUT2D eigenvalue weighted by Crippen LogP contribution is 2.31. The van der Waals surface area contributed by atoms with Gasteiger partial charge in [0.15, 0.2) is 0 Å². The maximum atomic E-state index is 5.90. The van der Waals surface area contributed by atoms with E-state index in [2.05, 4.69) is 43.0 Å². The van der Waals surface area contributed by atoms with Crippen LogP contribution in [0.25, 0.3) is 28.0 Å². The summed E-state index contributed by atoms with van der Waals surface area (Å²) >= 11 is 4.18. The Bertz CT molecular complexity index is 694. The Kier molecular flexibility index (Phi) is 2.65. The minimum atomic E-state index is 0.733. The molecule has 0 saturated heterocycles. The molecule has 0 fully saturated rings. The van der Waals surface area contributed by atoms with Crippen molar-refractivity contribution in [3.8, 4) is 0 Å². The molecule has 3 aromatic rings. The van der Waals surface area contributed by atoms with Gasteiger partial charge < -0.3 is 4.42 Å². The smallest absolute Gasteiger partial charge is 0.142 e. The quantitative estimate of drug-likeness (QED) is 0.649. The standard InChI is InChI=1S/C15H12OS/c17-10-4-6-11-5-3-8-13-12-7-1-2-9-14(12)16-15(11)13/h1-9,17H,10H2. The molecular weight excluding hydrogens is 228 g/mol. The molecule has 1 aromatic heterocycles. The summed E-state index contributed by atoms with van der Waals surface area (Å²) in [5, 5.41) is 2.34. The van der Waals surface area contributed by atoms with Crippen molar-refractivity contribution in [1.82, 2.24) is 0 Å². The zero-order valence-corrected chi connectivity index (χ0v) is 10.2. The van der Waals surface area contributed by atoms with Gasteiger partial charge in [-0.1, -0.05) is 48.6 Å². The average molecular weight is 240 g/mol. The molecule has 0 aliphatic carbocycles. The fourth-order valence-electron chi connectivity index (χ4n) is 2.08. The zero-order valence-electron chi connectivity index (χ0n) is 9.26. The van der Waals surface area contributed by atoms with Gasteiger partial charge in [0.05, 0.1) is 0 Å². The monoisotopic (exact) mass is 240 g/mol. The van der Waals surface area contributed by atoms with E-state index in [-0.39, 0.29) is 0 Å². The molecule has 0 atom stereocenters. The van der Waals surface area contributed by atoms with E-state index in [1.165, 1.54) is 10.8 Å². The van der Waals surface area contributed by atoms with E-state index < -0.39 is 0 Å². The molecule has 3 rings (SSSR count). The van der Waals surface area contributed by atoms with Crippen LogP contribution in [-0.2, 0) is 0 Å². The Balaban J connectivity index is 2.35. The Hall–Kier alpha value is -1.67. The van der Waals surface area contributed by atoms with Gasteiger partial charge in [0, 0.05) is 22.1 Å². The van der Waals surface area contributed by atoms with Crippen LogP contribution in [0, 0.1) is 0 Å². The highest BCUT2D eigenvalue weighted by atomic mass is 32.1. The van der Waals surface area contributed by atoms with Gasteiger partial charge in [-0.25, -0.2) is 0 Å². The van der Waals surface area contributed by atoms with Gasteiger partial charge in [0.1, 0.15) is 11.2 Å². The van der Waals surface area contributed by atoms with Crippen LogP contribution in [0.15, 0.2) is 53.0 Å². The summed E-state index contributed by atoms with van der Waals surface area (Å²) in [6.45, 7) is 0. The number of thiol groups is 1. The molecule has 2 aromatic carbocycles. The molecule has 0 aliphatic rings. The maximum Gasteiger partial charge on any atom is 0.142 e. The van der Waals surface area contributed by atoms with Crippen molar-refractivity contribution >= 4 is 40.6 Å². The zero-order chi connectivity index (χ0) is 11.7. The Morgan fingerprint density at radius 3 is 2.71 bits per heavy atom. The molecule has 0 spiro atoms. The molecule has 0 aliphatic heterocycles. The number of hydrogen-bond donors (Lipinski definition) is 1. The number of furan rings is 1. The molecule has 2 heteroatoms. The average Bonchev–Trinajstić information content (AvgIpc) is 2.75. The van der Waals surface area contributed by atoms with E-state index in [4.69, 9.17) is 4.42 Å². The molecule has 0 bridgehead atoms. The third-order valence-electron chi connectivity index (χ3n) is 2.84. The van der Waals surface area contributed by atoms with E-state index in [0.29, 0.717) is 0 Å². The van der Waals surface area contributed by atoms with Crippen LogP contribution in [0.4, 0.5) is 0 Å². The minimum Gasteiger partial charge on any atom is -0.455 e. The van der Waals surface area contributed by atoms with Crippen LogP contribution in [0.5, 0.6) is 0 Å². The Morgan fingerprint density at radius 2 is 1.82 bits per heavy atom. The van der Waals surface area contributed by atoms with Gasteiger partial charge in [-0.2, -0.15) is 12.6 Å². The second-order valence-corrected chi connectivity index (χ2v) is 4.27. The lowest BCUT2D eigenvalue weighted by atomic mass is 10.1. The lowest BCUT2D eigenvalue weighted by Crippen LogP contribution is -1.73. The third kappa shape index (κ3) is 1.75. The molecular formula is C15H12OS. The summed E-state index contributed by atoms with van der Waals surface area (Å²) in [5.74, 6) is 0.733. The molecule has 17 heavy (non-hydrogen) atoms. The van der Waals surface area contributed by atoms with Crippen LogP contribution < -0.4 is 0 Å². The van der Waals surface area contributed by atoms with Crippen LogP contribution in [0.2, 0.25) is 0 Å². The first-order valence-electron chi connectivity index (χ1n) is 5.58. The van der Waals surface area contributed by atoms with Gasteiger partial charge in [-0.15, -0.1) is 0 Å². The van der Waals surface area contributed by atoms with Crippen LogP contribution in [0.1, 0.15) is 5.56 Å². The fourth-order valence-corrected chi connectivity index (χ4v) is 2.19. The van der Waals surface area contributed by atoms with E-state index in [1.54, 1.807) is 0 Å². The van der Waals surface area contributed by atoms with Crippen LogP contribution in [-0.4, -0.2) is 5.75 Å². The largest absolute Gasteiger partial charge is 0.455 e. The predicted molar refractivity (Wildman–Crippen MR) is 76.6 cm³/mol. The second kappa shape index (κ2) is 4.30. The summed E-state index contributed by atoms with van der Waals surface area (Å²) < 4.78 is 5.90. The first-order valence-corrected chi connectivity index (χ1v) is 6.21. The molecule has 0 unspecified atom stereocenters. The Morgan fingerprint density at radius 1 is 1.00 bits per heavy atom. The SMILES string of the molecule is SCC=Cc1cccc2c1oc1ccccc12. The number of rotatable bonds is 2. The molecule has 0 saturated carbocycles. The van der Waals surface area contributed by atoms with Crippen molar-refractivity contribution in [3.63, 3.8) is 0 Å². The summed E-state index contributed by atoms with van der Waals surface area (Å²) in [5.41, 5.74) is 2.99.